The van der Waals surface area contributed by atoms with Crippen molar-refractivity contribution >= 4 is 38.6 Å². The van der Waals surface area contributed by atoms with Crippen molar-refractivity contribution in [3.05, 3.63) is 45.4 Å². The second-order valence-electron chi connectivity index (χ2n) is 4.40. The van der Waals surface area contributed by atoms with Gasteiger partial charge >= 0.3 is 0 Å². The molecule has 1 aromatic heterocycles. The Hall–Kier alpha value is -1.15. The van der Waals surface area contributed by atoms with E-state index in [0.29, 0.717) is 6.42 Å². The van der Waals surface area contributed by atoms with E-state index in [-0.39, 0.29) is 10.7 Å². The summed E-state index contributed by atoms with van der Waals surface area (Å²) in [6, 6.07) is 5.46. The number of hydrogen-bond acceptors (Lipinski definition) is 4. The Balaban J connectivity index is 2.39. The lowest BCUT2D eigenvalue weighted by molar-refractivity contribution is 0.538. The molecule has 2 aromatic rings. The van der Waals surface area contributed by atoms with E-state index in [1.165, 1.54) is 17.4 Å². The van der Waals surface area contributed by atoms with Crippen LogP contribution in [-0.4, -0.2) is 8.42 Å². The van der Waals surface area contributed by atoms with Gasteiger partial charge in [-0.2, -0.15) is 0 Å². The van der Waals surface area contributed by atoms with Crippen LogP contribution < -0.4 is 10.5 Å². The molecule has 1 aromatic carbocycles. The first-order valence-electron chi connectivity index (χ1n) is 6.15. The van der Waals surface area contributed by atoms with Crippen molar-refractivity contribution < 1.29 is 12.8 Å². The van der Waals surface area contributed by atoms with Crippen LogP contribution in [0, 0.1) is 5.82 Å². The predicted molar refractivity (Wildman–Crippen MR) is 83.5 cm³/mol. The van der Waals surface area contributed by atoms with Gasteiger partial charge in [0, 0.05) is 9.90 Å². The van der Waals surface area contributed by atoms with Crippen LogP contribution in [0.25, 0.3) is 0 Å². The molecule has 0 fully saturated rings. The van der Waals surface area contributed by atoms with Gasteiger partial charge in [0.05, 0.1) is 11.7 Å². The summed E-state index contributed by atoms with van der Waals surface area (Å²) >= 11 is 7.19. The van der Waals surface area contributed by atoms with Gasteiger partial charge < -0.3 is 5.73 Å². The molecule has 3 N–H and O–H groups in total. The highest BCUT2D eigenvalue weighted by molar-refractivity contribution is 7.89. The van der Waals surface area contributed by atoms with E-state index in [1.807, 2.05) is 24.4 Å². The molecule has 0 amide bonds. The van der Waals surface area contributed by atoms with Crippen molar-refractivity contribution in [3.8, 4) is 0 Å². The highest BCUT2D eigenvalue weighted by atomic mass is 35.5. The van der Waals surface area contributed by atoms with Crippen molar-refractivity contribution in [2.45, 2.75) is 24.3 Å². The van der Waals surface area contributed by atoms with Crippen LogP contribution in [0.3, 0.4) is 0 Å². The molecule has 1 unspecified atom stereocenters. The molecule has 0 aliphatic rings. The average molecular weight is 349 g/mol. The van der Waals surface area contributed by atoms with Gasteiger partial charge in [-0.1, -0.05) is 24.6 Å². The van der Waals surface area contributed by atoms with Gasteiger partial charge in [-0.15, -0.1) is 11.3 Å². The van der Waals surface area contributed by atoms with E-state index in [9.17, 15) is 12.8 Å². The third-order valence-electron chi connectivity index (χ3n) is 2.91. The van der Waals surface area contributed by atoms with Gasteiger partial charge in [0.25, 0.3) is 0 Å². The van der Waals surface area contributed by atoms with E-state index in [1.54, 1.807) is 0 Å². The predicted octanol–water partition coefficient (Wildman–Crippen LogP) is 3.55. The highest BCUT2D eigenvalue weighted by Gasteiger charge is 2.25. The van der Waals surface area contributed by atoms with Gasteiger partial charge in [-0.05, 0) is 30.0 Å². The maximum atomic E-state index is 14.0. The van der Waals surface area contributed by atoms with Crippen molar-refractivity contribution in [1.29, 1.82) is 0 Å². The molecule has 0 spiro atoms. The van der Waals surface area contributed by atoms with E-state index in [2.05, 4.69) is 4.72 Å². The molecular formula is C13H14ClFN2O2S2. The first-order valence-corrected chi connectivity index (χ1v) is 8.89. The molecular weight excluding hydrogens is 335 g/mol. The zero-order valence-corrected chi connectivity index (χ0v) is 13.5. The first kappa shape index (κ1) is 16.2. The third-order valence-corrected chi connectivity index (χ3v) is 5.59. The number of rotatable bonds is 5. The van der Waals surface area contributed by atoms with E-state index < -0.39 is 26.8 Å². The monoisotopic (exact) mass is 348 g/mol. The molecule has 0 aliphatic carbocycles. The number of benzene rings is 1. The number of halogens is 2. The Morgan fingerprint density at radius 2 is 2.19 bits per heavy atom. The zero-order valence-electron chi connectivity index (χ0n) is 11.1. The first-order chi connectivity index (χ1) is 9.85. The Morgan fingerprint density at radius 3 is 2.76 bits per heavy atom. The second kappa shape index (κ2) is 6.31. The van der Waals surface area contributed by atoms with Crippen LogP contribution in [-0.2, 0) is 10.0 Å². The maximum absolute atomic E-state index is 14.0. The average Bonchev–Trinajstić information content (AvgIpc) is 2.94. The molecule has 21 heavy (non-hydrogen) atoms. The summed E-state index contributed by atoms with van der Waals surface area (Å²) in [6.45, 7) is 1.84. The lowest BCUT2D eigenvalue weighted by Crippen LogP contribution is -2.28. The quantitative estimate of drug-likeness (QED) is 0.811. The molecule has 1 atom stereocenters. The molecule has 0 bridgehead atoms. The third kappa shape index (κ3) is 3.55. The van der Waals surface area contributed by atoms with Crippen LogP contribution in [0.5, 0.6) is 0 Å². The molecule has 2 rings (SSSR count). The molecule has 0 saturated heterocycles. The number of nitrogens with one attached hydrogen (secondary N) is 1. The van der Waals surface area contributed by atoms with Crippen LogP contribution in [0.15, 0.2) is 34.5 Å². The Labute approximate surface area is 131 Å². The summed E-state index contributed by atoms with van der Waals surface area (Å²) in [4.78, 5) is 0.319. The van der Waals surface area contributed by atoms with Crippen LogP contribution in [0.1, 0.15) is 24.3 Å². The summed E-state index contributed by atoms with van der Waals surface area (Å²) in [5, 5.41) is 1.92. The SMILES string of the molecule is CCC(NS(=O)(=O)c1cc(Cl)cc(N)c1F)c1cccs1. The molecule has 1 heterocycles. The number of hydrogen-bond donors (Lipinski definition) is 2. The number of sulfonamides is 1. The largest absolute Gasteiger partial charge is 0.396 e. The van der Waals surface area contributed by atoms with Crippen LogP contribution >= 0.6 is 22.9 Å². The van der Waals surface area contributed by atoms with Gasteiger partial charge in [0.1, 0.15) is 4.90 Å². The Morgan fingerprint density at radius 1 is 1.48 bits per heavy atom. The fourth-order valence-corrected chi connectivity index (χ4v) is 4.52. The molecule has 0 radical (unpaired) electrons. The summed E-state index contributed by atoms with van der Waals surface area (Å²) in [7, 11) is -4.06. The van der Waals surface area contributed by atoms with Crippen molar-refractivity contribution in [2.24, 2.45) is 0 Å². The lowest BCUT2D eigenvalue weighted by atomic mass is 10.2. The van der Waals surface area contributed by atoms with Gasteiger partial charge in [0.15, 0.2) is 5.82 Å². The zero-order chi connectivity index (χ0) is 15.6. The minimum absolute atomic E-state index is 0.0680. The standard InChI is InChI=1S/C13H14ClFN2O2S2/c1-2-10(11-4-3-5-20-11)17-21(18,19)12-7-8(14)6-9(16)13(12)15/h3-7,10,17H,2,16H2,1H3. The normalized spacial score (nSPS) is 13.3. The Kier molecular flexibility index (Phi) is 4.88. The van der Waals surface area contributed by atoms with Crippen molar-refractivity contribution in [2.75, 3.05) is 5.73 Å². The summed E-state index contributed by atoms with van der Waals surface area (Å²) in [6.07, 6.45) is 0.539. The number of nitrogen functional groups attached to an aromatic ring is 1. The van der Waals surface area contributed by atoms with Gasteiger partial charge in [-0.25, -0.2) is 17.5 Å². The van der Waals surface area contributed by atoms with Gasteiger partial charge in [0.2, 0.25) is 10.0 Å². The van der Waals surface area contributed by atoms with E-state index >= 15 is 0 Å². The van der Waals surface area contributed by atoms with Crippen LogP contribution in [0.4, 0.5) is 10.1 Å². The fraction of sp³-hybridized carbons (Fsp3) is 0.231. The minimum atomic E-state index is -4.06. The lowest BCUT2D eigenvalue weighted by Gasteiger charge is -2.16. The van der Waals surface area contributed by atoms with E-state index in [0.717, 1.165) is 10.9 Å². The summed E-state index contributed by atoms with van der Waals surface area (Å²) < 4.78 is 41.2. The number of thiophene rings is 1. The minimum Gasteiger partial charge on any atom is -0.396 e. The number of nitrogens with two attached hydrogens (primary N) is 1. The van der Waals surface area contributed by atoms with Crippen LogP contribution in [0.2, 0.25) is 5.02 Å². The molecule has 0 aliphatic heterocycles. The van der Waals surface area contributed by atoms with Gasteiger partial charge in [-0.3, -0.25) is 0 Å². The topological polar surface area (TPSA) is 72.2 Å². The molecule has 0 saturated carbocycles. The maximum Gasteiger partial charge on any atom is 0.244 e. The second-order valence-corrected chi connectivity index (χ2v) is 7.50. The molecule has 114 valence electrons. The molecule has 4 nitrogen and oxygen atoms in total. The summed E-state index contributed by atoms with van der Waals surface area (Å²) in [5.74, 6) is -0.993. The summed E-state index contributed by atoms with van der Waals surface area (Å²) in [5.41, 5.74) is 5.13. The number of anilines is 1. The van der Waals surface area contributed by atoms with Crippen molar-refractivity contribution in [3.63, 3.8) is 0 Å². The molecule has 8 heteroatoms. The van der Waals surface area contributed by atoms with Crippen molar-refractivity contribution in [1.82, 2.24) is 4.72 Å². The van der Waals surface area contributed by atoms with E-state index in [4.69, 9.17) is 17.3 Å². The smallest absolute Gasteiger partial charge is 0.244 e. The Bertz CT molecular complexity index is 733. The fourth-order valence-electron chi connectivity index (χ4n) is 1.86. The highest BCUT2D eigenvalue weighted by Crippen LogP contribution is 2.28.